The minimum Gasteiger partial charge on any atom is -0.347 e. The van der Waals surface area contributed by atoms with Crippen molar-refractivity contribution in [2.24, 2.45) is 5.92 Å². The predicted molar refractivity (Wildman–Crippen MR) is 77.6 cm³/mol. The number of halogens is 2. The number of hydrogen-bond donors (Lipinski definition) is 1. The summed E-state index contributed by atoms with van der Waals surface area (Å²) in [7, 11) is 0. The molecule has 4 heteroatoms. The van der Waals surface area contributed by atoms with Crippen LogP contribution < -0.4 is 5.32 Å². The molecule has 19 heavy (non-hydrogen) atoms. The SMILES string of the molecule is CC1CCC(C)(NC(=O)c2cc(F)ccc2Br)CC1. The van der Waals surface area contributed by atoms with Gasteiger partial charge in [0.1, 0.15) is 5.82 Å². The van der Waals surface area contributed by atoms with Crippen LogP contribution in [0.5, 0.6) is 0 Å². The fourth-order valence-electron chi connectivity index (χ4n) is 2.54. The highest BCUT2D eigenvalue weighted by Gasteiger charge is 2.31. The average molecular weight is 328 g/mol. The van der Waals surface area contributed by atoms with E-state index in [9.17, 15) is 9.18 Å². The standard InChI is InChI=1S/C15H19BrFNO/c1-10-5-7-15(2,8-6-10)18-14(19)12-9-11(17)3-4-13(12)16/h3-4,9-10H,5-8H2,1-2H3,(H,18,19). The number of carbonyl (C=O) groups excluding carboxylic acids is 1. The highest BCUT2D eigenvalue weighted by Crippen LogP contribution is 2.32. The topological polar surface area (TPSA) is 29.1 Å². The molecule has 104 valence electrons. The Morgan fingerprint density at radius 1 is 1.42 bits per heavy atom. The molecule has 0 aromatic heterocycles. The number of carbonyl (C=O) groups is 1. The lowest BCUT2D eigenvalue weighted by Gasteiger charge is -2.37. The molecule has 1 N–H and O–H groups in total. The highest BCUT2D eigenvalue weighted by molar-refractivity contribution is 9.10. The van der Waals surface area contributed by atoms with Crippen molar-refractivity contribution < 1.29 is 9.18 Å². The first kappa shape index (κ1) is 14.5. The largest absolute Gasteiger partial charge is 0.347 e. The van der Waals surface area contributed by atoms with Crippen molar-refractivity contribution in [1.82, 2.24) is 5.32 Å². The Morgan fingerprint density at radius 3 is 2.68 bits per heavy atom. The summed E-state index contributed by atoms with van der Waals surface area (Å²) in [6, 6.07) is 4.18. The Morgan fingerprint density at radius 2 is 2.05 bits per heavy atom. The fourth-order valence-corrected chi connectivity index (χ4v) is 2.96. The van der Waals surface area contributed by atoms with Crippen molar-refractivity contribution in [1.29, 1.82) is 0 Å². The van der Waals surface area contributed by atoms with E-state index in [1.165, 1.54) is 12.1 Å². The zero-order chi connectivity index (χ0) is 14.0. The Hall–Kier alpha value is -0.900. The third-order valence-electron chi connectivity index (χ3n) is 3.97. The zero-order valence-electron chi connectivity index (χ0n) is 11.3. The lowest BCUT2D eigenvalue weighted by atomic mass is 9.78. The van der Waals surface area contributed by atoms with Gasteiger partial charge in [0.2, 0.25) is 0 Å². The van der Waals surface area contributed by atoms with E-state index in [4.69, 9.17) is 0 Å². The molecular formula is C15H19BrFNO. The lowest BCUT2D eigenvalue weighted by Crippen LogP contribution is -2.48. The molecule has 0 heterocycles. The molecule has 2 rings (SSSR count). The van der Waals surface area contributed by atoms with Crippen LogP contribution in [0, 0.1) is 11.7 Å². The molecule has 0 radical (unpaired) electrons. The second-order valence-corrected chi connectivity index (χ2v) is 6.68. The number of nitrogens with one attached hydrogen (secondary N) is 1. The number of rotatable bonds is 2. The van der Waals surface area contributed by atoms with Crippen LogP contribution in [0.25, 0.3) is 0 Å². The summed E-state index contributed by atoms with van der Waals surface area (Å²) in [6.45, 7) is 4.31. The number of hydrogen-bond acceptors (Lipinski definition) is 1. The molecule has 0 spiro atoms. The van der Waals surface area contributed by atoms with E-state index in [0.29, 0.717) is 10.0 Å². The molecule has 1 aromatic rings. The highest BCUT2D eigenvalue weighted by atomic mass is 79.9. The molecular weight excluding hydrogens is 309 g/mol. The molecule has 0 unspecified atom stereocenters. The maximum Gasteiger partial charge on any atom is 0.252 e. The van der Waals surface area contributed by atoms with Crippen LogP contribution >= 0.6 is 15.9 Å². The second-order valence-electron chi connectivity index (χ2n) is 5.82. The van der Waals surface area contributed by atoms with Crippen molar-refractivity contribution in [3.05, 3.63) is 34.1 Å². The van der Waals surface area contributed by atoms with Crippen LogP contribution in [0.2, 0.25) is 0 Å². The van der Waals surface area contributed by atoms with E-state index in [1.54, 1.807) is 6.07 Å². The summed E-state index contributed by atoms with van der Waals surface area (Å²) in [5, 5.41) is 3.06. The van der Waals surface area contributed by atoms with Gasteiger partial charge in [0.25, 0.3) is 5.91 Å². The van der Waals surface area contributed by atoms with E-state index >= 15 is 0 Å². The third-order valence-corrected chi connectivity index (χ3v) is 4.66. The Kier molecular flexibility index (Phi) is 4.29. The van der Waals surface area contributed by atoms with Crippen LogP contribution in [0.15, 0.2) is 22.7 Å². The molecule has 1 aromatic carbocycles. The van der Waals surface area contributed by atoms with Gasteiger partial charge in [0.05, 0.1) is 5.56 Å². The Labute approximate surface area is 121 Å². The van der Waals surface area contributed by atoms with Crippen molar-refractivity contribution in [2.75, 3.05) is 0 Å². The van der Waals surface area contributed by atoms with Gasteiger partial charge in [-0.25, -0.2) is 4.39 Å². The number of amides is 1. The second kappa shape index (κ2) is 5.61. The summed E-state index contributed by atoms with van der Waals surface area (Å²) >= 11 is 3.30. The van der Waals surface area contributed by atoms with Crippen LogP contribution in [0.4, 0.5) is 4.39 Å². The van der Waals surface area contributed by atoms with E-state index in [2.05, 4.69) is 35.1 Å². The van der Waals surface area contributed by atoms with Crippen molar-refractivity contribution >= 4 is 21.8 Å². The van der Waals surface area contributed by atoms with Crippen LogP contribution in [-0.2, 0) is 0 Å². The Balaban J connectivity index is 2.10. The van der Waals surface area contributed by atoms with Gasteiger partial charge >= 0.3 is 0 Å². The molecule has 1 aliphatic rings. The van der Waals surface area contributed by atoms with E-state index in [1.807, 2.05) is 0 Å². The Bertz CT molecular complexity index is 481. The third kappa shape index (κ3) is 3.56. The van der Waals surface area contributed by atoms with Gasteiger partial charge < -0.3 is 5.32 Å². The predicted octanol–water partition coefficient (Wildman–Crippen LogP) is 4.29. The summed E-state index contributed by atoms with van der Waals surface area (Å²) in [4.78, 5) is 12.3. The van der Waals surface area contributed by atoms with Crippen LogP contribution in [0.1, 0.15) is 49.9 Å². The minimum absolute atomic E-state index is 0.171. The molecule has 0 bridgehead atoms. The summed E-state index contributed by atoms with van der Waals surface area (Å²) in [5.74, 6) is 0.130. The minimum atomic E-state index is -0.393. The first-order chi connectivity index (χ1) is 8.89. The normalized spacial score (nSPS) is 27.1. The van der Waals surface area contributed by atoms with Gasteiger partial charge in [-0.2, -0.15) is 0 Å². The summed E-state index contributed by atoms with van der Waals surface area (Å²) < 4.78 is 13.9. The summed E-state index contributed by atoms with van der Waals surface area (Å²) in [5.41, 5.74) is 0.190. The molecule has 1 saturated carbocycles. The zero-order valence-corrected chi connectivity index (χ0v) is 12.9. The molecule has 1 amide bonds. The van der Waals surface area contributed by atoms with E-state index < -0.39 is 5.82 Å². The smallest absolute Gasteiger partial charge is 0.252 e. The maximum absolute atomic E-state index is 13.2. The monoisotopic (exact) mass is 327 g/mol. The lowest BCUT2D eigenvalue weighted by molar-refractivity contribution is 0.0868. The van der Waals surface area contributed by atoms with Gasteiger partial charge in [0, 0.05) is 10.0 Å². The molecule has 2 nitrogen and oxygen atoms in total. The van der Waals surface area contributed by atoms with Crippen molar-refractivity contribution in [3.63, 3.8) is 0 Å². The van der Waals surface area contributed by atoms with Crippen molar-refractivity contribution in [3.8, 4) is 0 Å². The van der Waals surface area contributed by atoms with E-state index in [-0.39, 0.29) is 11.4 Å². The van der Waals surface area contributed by atoms with Gasteiger partial charge in [-0.05, 0) is 72.7 Å². The fraction of sp³-hybridized carbons (Fsp3) is 0.533. The van der Waals surface area contributed by atoms with Gasteiger partial charge in [-0.3, -0.25) is 4.79 Å². The maximum atomic E-state index is 13.2. The molecule has 0 atom stereocenters. The first-order valence-corrected chi connectivity index (χ1v) is 7.46. The van der Waals surface area contributed by atoms with Gasteiger partial charge in [0.15, 0.2) is 0 Å². The number of benzene rings is 1. The average Bonchev–Trinajstić information content (AvgIpc) is 2.36. The van der Waals surface area contributed by atoms with Gasteiger partial charge in [-0.1, -0.05) is 6.92 Å². The molecule has 0 aliphatic heterocycles. The van der Waals surface area contributed by atoms with Gasteiger partial charge in [-0.15, -0.1) is 0 Å². The molecule has 1 aliphatic carbocycles. The van der Waals surface area contributed by atoms with Crippen LogP contribution in [-0.4, -0.2) is 11.4 Å². The van der Waals surface area contributed by atoms with Crippen molar-refractivity contribution in [2.45, 2.75) is 45.1 Å². The van der Waals surface area contributed by atoms with E-state index in [0.717, 1.165) is 31.6 Å². The molecule has 1 fully saturated rings. The quantitative estimate of drug-likeness (QED) is 0.862. The molecule has 0 saturated heterocycles. The first-order valence-electron chi connectivity index (χ1n) is 6.67. The van der Waals surface area contributed by atoms with Crippen LogP contribution in [0.3, 0.4) is 0 Å². The summed E-state index contributed by atoms with van der Waals surface area (Å²) in [6.07, 6.45) is 4.21.